The molecule has 0 radical (unpaired) electrons. The van der Waals surface area contributed by atoms with Crippen LogP contribution in [0.25, 0.3) is 0 Å². The van der Waals surface area contributed by atoms with Crippen molar-refractivity contribution in [2.24, 2.45) is 0 Å². The highest BCUT2D eigenvalue weighted by Gasteiger charge is 2.14. The van der Waals surface area contributed by atoms with E-state index in [0.29, 0.717) is 34.5 Å². The molecule has 0 saturated heterocycles. The number of aryl methyl sites for hydroxylation is 2. The number of benzene rings is 1. The molecule has 23 heavy (non-hydrogen) atoms. The summed E-state index contributed by atoms with van der Waals surface area (Å²) in [5, 5.41) is 3.56. The van der Waals surface area contributed by atoms with Crippen molar-refractivity contribution in [2.45, 2.75) is 25.4 Å². The second-order valence-corrected chi connectivity index (χ2v) is 6.21. The SMILES string of the molecule is Cc1cc(C)nc(SCCC(=O)Nc2ccc3c(c2)OCO3)n1. The van der Waals surface area contributed by atoms with E-state index in [9.17, 15) is 4.79 Å². The monoisotopic (exact) mass is 331 g/mol. The fourth-order valence-electron chi connectivity index (χ4n) is 2.19. The van der Waals surface area contributed by atoms with Gasteiger partial charge in [0.15, 0.2) is 16.7 Å². The molecule has 1 aromatic heterocycles. The van der Waals surface area contributed by atoms with Gasteiger partial charge in [-0.15, -0.1) is 0 Å². The lowest BCUT2D eigenvalue weighted by molar-refractivity contribution is -0.115. The summed E-state index contributed by atoms with van der Waals surface area (Å²) in [5.41, 5.74) is 2.57. The predicted octanol–water partition coefficient (Wildman–Crippen LogP) is 2.94. The van der Waals surface area contributed by atoms with Gasteiger partial charge < -0.3 is 14.8 Å². The van der Waals surface area contributed by atoms with E-state index >= 15 is 0 Å². The van der Waals surface area contributed by atoms with Gasteiger partial charge in [0.05, 0.1) is 0 Å². The number of anilines is 1. The Morgan fingerprint density at radius 3 is 2.70 bits per heavy atom. The zero-order valence-corrected chi connectivity index (χ0v) is 13.8. The number of carbonyl (C=O) groups excluding carboxylic acids is 1. The first-order valence-corrected chi connectivity index (χ1v) is 8.23. The van der Waals surface area contributed by atoms with E-state index in [2.05, 4.69) is 15.3 Å². The van der Waals surface area contributed by atoms with E-state index in [0.717, 1.165) is 11.4 Å². The molecule has 1 N–H and O–H groups in total. The van der Waals surface area contributed by atoms with E-state index in [-0.39, 0.29) is 12.7 Å². The Kier molecular flexibility index (Phi) is 4.66. The largest absolute Gasteiger partial charge is 0.454 e. The molecule has 1 amide bonds. The number of nitrogens with zero attached hydrogens (tertiary/aromatic N) is 2. The van der Waals surface area contributed by atoms with Crippen LogP contribution in [-0.4, -0.2) is 28.4 Å². The van der Waals surface area contributed by atoms with Crippen molar-refractivity contribution >= 4 is 23.4 Å². The van der Waals surface area contributed by atoms with Crippen LogP contribution in [-0.2, 0) is 4.79 Å². The lowest BCUT2D eigenvalue weighted by atomic mass is 10.2. The normalized spacial score (nSPS) is 12.3. The highest BCUT2D eigenvalue weighted by atomic mass is 32.2. The fraction of sp³-hybridized carbons (Fsp3) is 0.312. The molecule has 120 valence electrons. The van der Waals surface area contributed by atoms with Crippen molar-refractivity contribution in [3.8, 4) is 11.5 Å². The van der Waals surface area contributed by atoms with Crippen LogP contribution in [0.15, 0.2) is 29.4 Å². The predicted molar refractivity (Wildman–Crippen MR) is 88.0 cm³/mol. The Balaban J connectivity index is 1.50. The van der Waals surface area contributed by atoms with Crippen LogP contribution in [0.3, 0.4) is 0 Å². The molecule has 1 aliphatic heterocycles. The lowest BCUT2D eigenvalue weighted by Gasteiger charge is -2.06. The molecule has 7 heteroatoms. The van der Waals surface area contributed by atoms with E-state index in [1.54, 1.807) is 18.2 Å². The maximum absolute atomic E-state index is 12.0. The molecular weight excluding hydrogens is 314 g/mol. The van der Waals surface area contributed by atoms with E-state index in [1.807, 2.05) is 19.9 Å². The molecule has 0 bridgehead atoms. The third-order valence-corrected chi connectivity index (χ3v) is 4.03. The number of fused-ring (bicyclic) bond motifs is 1. The highest BCUT2D eigenvalue weighted by molar-refractivity contribution is 7.99. The third kappa shape index (κ3) is 4.13. The molecule has 0 saturated carbocycles. The van der Waals surface area contributed by atoms with Gasteiger partial charge in [0.1, 0.15) is 0 Å². The summed E-state index contributed by atoms with van der Waals surface area (Å²) >= 11 is 1.48. The van der Waals surface area contributed by atoms with Crippen molar-refractivity contribution in [3.63, 3.8) is 0 Å². The maximum Gasteiger partial charge on any atom is 0.231 e. The first-order valence-electron chi connectivity index (χ1n) is 7.25. The van der Waals surface area contributed by atoms with Crippen LogP contribution in [0.2, 0.25) is 0 Å². The molecule has 2 heterocycles. The number of carbonyl (C=O) groups is 1. The average molecular weight is 331 g/mol. The second kappa shape index (κ2) is 6.87. The summed E-state index contributed by atoms with van der Waals surface area (Å²) in [6.07, 6.45) is 0.384. The van der Waals surface area contributed by atoms with Gasteiger partial charge in [-0.1, -0.05) is 11.8 Å². The minimum absolute atomic E-state index is 0.0549. The topological polar surface area (TPSA) is 73.3 Å². The van der Waals surface area contributed by atoms with Crippen molar-refractivity contribution in [1.82, 2.24) is 9.97 Å². The third-order valence-electron chi connectivity index (χ3n) is 3.18. The number of ether oxygens (including phenoxy) is 2. The van der Waals surface area contributed by atoms with E-state index in [1.165, 1.54) is 11.8 Å². The molecular formula is C16H17N3O3S. The van der Waals surface area contributed by atoms with Crippen LogP contribution in [0, 0.1) is 13.8 Å². The zero-order valence-electron chi connectivity index (χ0n) is 13.0. The lowest BCUT2D eigenvalue weighted by Crippen LogP contribution is -2.12. The Hall–Kier alpha value is -2.28. The Bertz CT molecular complexity index is 716. The van der Waals surface area contributed by atoms with Gasteiger partial charge in [-0.3, -0.25) is 4.79 Å². The molecule has 0 atom stereocenters. The summed E-state index contributed by atoms with van der Waals surface area (Å²) in [5.74, 6) is 1.92. The van der Waals surface area contributed by atoms with Crippen LogP contribution in [0.1, 0.15) is 17.8 Å². The molecule has 1 aliphatic rings. The second-order valence-electron chi connectivity index (χ2n) is 5.15. The molecule has 3 rings (SSSR count). The summed E-state index contributed by atoms with van der Waals surface area (Å²) in [6.45, 7) is 4.09. The highest BCUT2D eigenvalue weighted by Crippen LogP contribution is 2.34. The molecule has 1 aromatic carbocycles. The van der Waals surface area contributed by atoms with Crippen molar-refractivity contribution < 1.29 is 14.3 Å². The van der Waals surface area contributed by atoms with Gasteiger partial charge in [0.25, 0.3) is 0 Å². The van der Waals surface area contributed by atoms with Crippen LogP contribution in [0.5, 0.6) is 11.5 Å². The van der Waals surface area contributed by atoms with E-state index < -0.39 is 0 Å². The zero-order chi connectivity index (χ0) is 16.2. The van der Waals surface area contributed by atoms with Gasteiger partial charge in [-0.2, -0.15) is 0 Å². The van der Waals surface area contributed by atoms with Gasteiger partial charge in [-0.05, 0) is 32.0 Å². The van der Waals surface area contributed by atoms with Crippen LogP contribution < -0.4 is 14.8 Å². The number of amides is 1. The fourth-order valence-corrected chi connectivity index (χ4v) is 3.08. The molecule has 2 aromatic rings. The van der Waals surface area contributed by atoms with Gasteiger partial charge >= 0.3 is 0 Å². The van der Waals surface area contributed by atoms with E-state index in [4.69, 9.17) is 9.47 Å². The summed E-state index contributed by atoms with van der Waals surface area (Å²) in [7, 11) is 0. The first kappa shape index (κ1) is 15.6. The van der Waals surface area contributed by atoms with Crippen molar-refractivity contribution in [2.75, 3.05) is 17.9 Å². The number of rotatable bonds is 5. The molecule has 0 fully saturated rings. The standard InChI is InChI=1S/C16H17N3O3S/c1-10-7-11(2)18-16(17-10)23-6-5-15(20)19-12-3-4-13-14(8-12)22-9-21-13/h3-4,7-8H,5-6,9H2,1-2H3,(H,19,20). The Morgan fingerprint density at radius 1 is 1.17 bits per heavy atom. The number of hydrogen-bond donors (Lipinski definition) is 1. The van der Waals surface area contributed by atoms with Gasteiger partial charge in [-0.25, -0.2) is 9.97 Å². The van der Waals surface area contributed by atoms with Crippen LogP contribution in [0.4, 0.5) is 5.69 Å². The molecule has 0 unspecified atom stereocenters. The first-order chi connectivity index (χ1) is 11.1. The van der Waals surface area contributed by atoms with Crippen molar-refractivity contribution in [3.05, 3.63) is 35.7 Å². The van der Waals surface area contributed by atoms with Crippen LogP contribution >= 0.6 is 11.8 Å². The van der Waals surface area contributed by atoms with Gasteiger partial charge in [0.2, 0.25) is 12.7 Å². The Labute approximate surface area is 138 Å². The Morgan fingerprint density at radius 2 is 1.91 bits per heavy atom. The summed E-state index contributed by atoms with van der Waals surface area (Å²) < 4.78 is 10.5. The number of aromatic nitrogens is 2. The minimum Gasteiger partial charge on any atom is -0.454 e. The quantitative estimate of drug-likeness (QED) is 0.671. The number of nitrogens with one attached hydrogen (secondary N) is 1. The molecule has 6 nitrogen and oxygen atoms in total. The maximum atomic E-state index is 12.0. The number of thioether (sulfide) groups is 1. The number of hydrogen-bond acceptors (Lipinski definition) is 6. The molecule has 0 spiro atoms. The smallest absolute Gasteiger partial charge is 0.231 e. The van der Waals surface area contributed by atoms with Crippen molar-refractivity contribution in [1.29, 1.82) is 0 Å². The minimum atomic E-state index is -0.0549. The molecule has 0 aliphatic carbocycles. The summed E-state index contributed by atoms with van der Waals surface area (Å²) in [6, 6.07) is 7.28. The average Bonchev–Trinajstić information content (AvgIpc) is 2.93. The van der Waals surface area contributed by atoms with Gasteiger partial charge in [0, 0.05) is 35.3 Å². The summed E-state index contributed by atoms with van der Waals surface area (Å²) in [4.78, 5) is 20.7.